The number of amides is 1. The SMILES string of the molecule is CCS(=O)(=O)c1ccc(C(CO)NC(=O)c2ccc3c(c2)OCCN3c2cc(C3CC3)cc(C3CC3)c2)cc1. The molecule has 0 spiro atoms. The molecular formula is C31H34N2O5S. The minimum absolute atomic E-state index is 0.0119. The number of nitrogens with one attached hydrogen (secondary N) is 1. The molecule has 0 radical (unpaired) electrons. The highest BCUT2D eigenvalue weighted by Crippen LogP contribution is 2.48. The molecule has 0 aromatic heterocycles. The van der Waals surface area contributed by atoms with Gasteiger partial charge in [-0.15, -0.1) is 0 Å². The van der Waals surface area contributed by atoms with Gasteiger partial charge in [0, 0.05) is 11.3 Å². The number of ether oxygens (including phenoxy) is 1. The maximum atomic E-state index is 13.2. The van der Waals surface area contributed by atoms with Crippen LogP contribution in [0.1, 0.15) is 77.5 Å². The largest absolute Gasteiger partial charge is 0.490 e. The van der Waals surface area contributed by atoms with Crippen molar-refractivity contribution >= 4 is 27.1 Å². The van der Waals surface area contributed by atoms with Gasteiger partial charge in [0.25, 0.3) is 5.91 Å². The van der Waals surface area contributed by atoms with Crippen molar-refractivity contribution in [2.75, 3.05) is 30.4 Å². The zero-order chi connectivity index (χ0) is 27.1. The number of aliphatic hydroxyl groups excluding tert-OH is 1. The number of benzene rings is 3. The van der Waals surface area contributed by atoms with Crippen molar-refractivity contribution in [1.29, 1.82) is 0 Å². The predicted octanol–water partition coefficient (Wildman–Crippen LogP) is 5.23. The van der Waals surface area contributed by atoms with Gasteiger partial charge >= 0.3 is 0 Å². The molecule has 1 amide bonds. The van der Waals surface area contributed by atoms with Gasteiger partial charge in [-0.3, -0.25) is 4.79 Å². The Labute approximate surface area is 229 Å². The quantitative estimate of drug-likeness (QED) is 0.382. The van der Waals surface area contributed by atoms with Gasteiger partial charge in [0.2, 0.25) is 0 Å². The maximum absolute atomic E-state index is 13.2. The number of nitrogens with zero attached hydrogens (tertiary/aromatic N) is 1. The third-order valence-corrected chi connectivity index (χ3v) is 9.72. The molecule has 3 aromatic carbocycles. The van der Waals surface area contributed by atoms with E-state index in [0.717, 1.165) is 12.2 Å². The summed E-state index contributed by atoms with van der Waals surface area (Å²) in [6.07, 6.45) is 5.07. The molecule has 1 unspecified atom stereocenters. The van der Waals surface area contributed by atoms with Crippen molar-refractivity contribution in [2.45, 2.75) is 55.4 Å². The van der Waals surface area contributed by atoms with Gasteiger partial charge in [-0.1, -0.05) is 25.1 Å². The summed E-state index contributed by atoms with van der Waals surface area (Å²) >= 11 is 0. The third-order valence-electron chi connectivity index (χ3n) is 7.97. The first-order valence-electron chi connectivity index (χ1n) is 13.8. The van der Waals surface area contributed by atoms with Gasteiger partial charge in [-0.05, 0) is 96.7 Å². The van der Waals surface area contributed by atoms with E-state index >= 15 is 0 Å². The van der Waals surface area contributed by atoms with Crippen LogP contribution in [0, 0.1) is 0 Å². The summed E-state index contributed by atoms with van der Waals surface area (Å²) in [5.74, 6) is 1.70. The van der Waals surface area contributed by atoms with Crippen LogP contribution in [0.15, 0.2) is 65.6 Å². The number of carbonyl (C=O) groups is 1. The normalized spacial score (nSPS) is 17.7. The van der Waals surface area contributed by atoms with Crippen LogP contribution in [0.3, 0.4) is 0 Å². The molecule has 204 valence electrons. The number of rotatable bonds is 9. The van der Waals surface area contributed by atoms with Gasteiger partial charge in [0.15, 0.2) is 9.84 Å². The molecule has 0 bridgehead atoms. The lowest BCUT2D eigenvalue weighted by Crippen LogP contribution is -2.32. The van der Waals surface area contributed by atoms with E-state index in [9.17, 15) is 18.3 Å². The Hall–Kier alpha value is -3.36. The zero-order valence-corrected chi connectivity index (χ0v) is 22.9. The molecule has 1 heterocycles. The van der Waals surface area contributed by atoms with Crippen LogP contribution in [-0.2, 0) is 9.84 Å². The Morgan fingerprint density at radius 1 is 1.00 bits per heavy atom. The summed E-state index contributed by atoms with van der Waals surface area (Å²) < 4.78 is 30.2. The molecule has 7 nitrogen and oxygen atoms in total. The third kappa shape index (κ3) is 5.40. The molecule has 2 fully saturated rings. The van der Waals surface area contributed by atoms with Crippen LogP contribution in [0.2, 0.25) is 0 Å². The lowest BCUT2D eigenvalue weighted by Gasteiger charge is -2.32. The van der Waals surface area contributed by atoms with Gasteiger partial charge in [-0.2, -0.15) is 0 Å². The molecule has 0 saturated heterocycles. The van der Waals surface area contributed by atoms with E-state index in [0.29, 0.717) is 35.3 Å². The molecule has 39 heavy (non-hydrogen) atoms. The topological polar surface area (TPSA) is 95.9 Å². The average Bonchev–Trinajstić information content (AvgIpc) is 3.88. The van der Waals surface area contributed by atoms with Crippen molar-refractivity contribution in [3.63, 3.8) is 0 Å². The van der Waals surface area contributed by atoms with E-state index in [1.165, 1.54) is 54.6 Å². The fourth-order valence-electron chi connectivity index (χ4n) is 5.30. The molecule has 2 N–H and O–H groups in total. The van der Waals surface area contributed by atoms with Gasteiger partial charge < -0.3 is 20.1 Å². The fourth-order valence-corrected chi connectivity index (χ4v) is 6.18. The molecule has 3 aromatic rings. The van der Waals surface area contributed by atoms with E-state index in [4.69, 9.17) is 4.74 Å². The van der Waals surface area contributed by atoms with Crippen molar-refractivity contribution in [3.8, 4) is 5.75 Å². The van der Waals surface area contributed by atoms with Gasteiger partial charge in [0.05, 0.1) is 35.5 Å². The van der Waals surface area contributed by atoms with Crippen LogP contribution < -0.4 is 15.0 Å². The molecule has 3 aliphatic rings. The van der Waals surface area contributed by atoms with Crippen molar-refractivity contribution in [3.05, 3.63) is 82.9 Å². The maximum Gasteiger partial charge on any atom is 0.251 e. The Kier molecular flexibility index (Phi) is 6.85. The van der Waals surface area contributed by atoms with Crippen molar-refractivity contribution in [2.24, 2.45) is 0 Å². The van der Waals surface area contributed by atoms with E-state index in [-0.39, 0.29) is 23.2 Å². The Bertz CT molecular complexity index is 1460. The zero-order valence-electron chi connectivity index (χ0n) is 22.1. The number of hydrogen-bond acceptors (Lipinski definition) is 6. The van der Waals surface area contributed by atoms with Gasteiger partial charge in [-0.25, -0.2) is 8.42 Å². The Morgan fingerprint density at radius 2 is 1.67 bits per heavy atom. The summed E-state index contributed by atoms with van der Waals surface area (Å²) in [6.45, 7) is 2.55. The van der Waals surface area contributed by atoms with E-state index < -0.39 is 15.9 Å². The molecule has 1 atom stereocenters. The molecule has 8 heteroatoms. The van der Waals surface area contributed by atoms with E-state index in [1.807, 2.05) is 6.07 Å². The summed E-state index contributed by atoms with van der Waals surface area (Å²) in [5.41, 5.74) is 6.08. The highest BCUT2D eigenvalue weighted by Gasteiger charge is 2.30. The molecule has 1 aliphatic heterocycles. The fraction of sp³-hybridized carbons (Fsp3) is 0.387. The summed E-state index contributed by atoms with van der Waals surface area (Å²) in [4.78, 5) is 15.7. The van der Waals surface area contributed by atoms with Gasteiger partial charge in [0.1, 0.15) is 12.4 Å². The number of sulfone groups is 1. The van der Waals surface area contributed by atoms with Crippen LogP contribution in [-0.4, -0.2) is 44.9 Å². The summed E-state index contributed by atoms with van der Waals surface area (Å²) in [6, 6.07) is 18.1. The van der Waals surface area contributed by atoms with E-state index in [2.05, 4.69) is 28.4 Å². The summed E-state index contributed by atoms with van der Waals surface area (Å²) in [7, 11) is -3.32. The molecular weight excluding hydrogens is 512 g/mol. The van der Waals surface area contributed by atoms with Crippen molar-refractivity contribution in [1.82, 2.24) is 5.32 Å². The lowest BCUT2D eigenvalue weighted by molar-refractivity contribution is 0.0915. The lowest BCUT2D eigenvalue weighted by atomic mass is 10.0. The smallest absolute Gasteiger partial charge is 0.251 e. The molecule has 6 rings (SSSR count). The van der Waals surface area contributed by atoms with Crippen LogP contribution in [0.5, 0.6) is 5.75 Å². The van der Waals surface area contributed by atoms with Crippen molar-refractivity contribution < 1.29 is 23.1 Å². The number of fused-ring (bicyclic) bond motifs is 1. The molecule has 2 aliphatic carbocycles. The highest BCUT2D eigenvalue weighted by molar-refractivity contribution is 7.91. The second-order valence-electron chi connectivity index (χ2n) is 10.8. The highest BCUT2D eigenvalue weighted by atomic mass is 32.2. The number of hydrogen-bond donors (Lipinski definition) is 2. The standard InChI is InChI=1S/C31H34N2O5S/c1-2-39(36,37)27-10-7-22(8-11-27)28(19-34)32-31(35)23-9-12-29-30(18-23)38-14-13-33(29)26-16-24(20-3-4-20)15-25(17-26)21-5-6-21/h7-12,15-18,20-21,28,34H,2-6,13-14,19H2,1H3,(H,32,35). The second kappa shape index (κ2) is 10.3. The first-order valence-corrected chi connectivity index (χ1v) is 15.4. The minimum Gasteiger partial charge on any atom is -0.490 e. The summed E-state index contributed by atoms with van der Waals surface area (Å²) in [5, 5.41) is 12.8. The predicted molar refractivity (Wildman–Crippen MR) is 151 cm³/mol. The average molecular weight is 547 g/mol. The number of aliphatic hydroxyl groups is 1. The molecule has 2 saturated carbocycles. The number of carbonyl (C=O) groups excluding carboxylic acids is 1. The van der Waals surface area contributed by atoms with Crippen LogP contribution in [0.25, 0.3) is 0 Å². The number of anilines is 2. The first kappa shape index (κ1) is 25.9. The first-order chi connectivity index (χ1) is 18.9. The second-order valence-corrected chi connectivity index (χ2v) is 13.0. The minimum atomic E-state index is -3.32. The Balaban J connectivity index is 1.22. The van der Waals surface area contributed by atoms with Crippen LogP contribution in [0.4, 0.5) is 11.4 Å². The van der Waals surface area contributed by atoms with Crippen LogP contribution >= 0.6 is 0 Å². The monoisotopic (exact) mass is 546 g/mol. The Morgan fingerprint density at radius 3 is 2.26 bits per heavy atom. The van der Waals surface area contributed by atoms with E-state index in [1.54, 1.807) is 31.2 Å².